The van der Waals surface area contributed by atoms with Crippen LogP contribution in [0.1, 0.15) is 29.0 Å². The Morgan fingerprint density at radius 3 is 2.14 bits per heavy atom. The molecule has 35 heavy (non-hydrogen) atoms. The van der Waals surface area contributed by atoms with Crippen LogP contribution in [0.4, 0.5) is 0 Å². The molecule has 1 N–H and O–H groups in total. The van der Waals surface area contributed by atoms with E-state index in [2.05, 4.69) is 63.6 Å². The summed E-state index contributed by atoms with van der Waals surface area (Å²) in [5.74, 6) is -1.23. The number of benzene rings is 2. The Bertz CT molecular complexity index is 1130. The van der Waals surface area contributed by atoms with Gasteiger partial charge in [0.15, 0.2) is 5.92 Å². The van der Waals surface area contributed by atoms with E-state index in [1.54, 1.807) is 12.1 Å². The molecule has 1 amide bonds. The lowest BCUT2D eigenvalue weighted by molar-refractivity contribution is -0.151. The van der Waals surface area contributed by atoms with Crippen LogP contribution in [0.2, 0.25) is 0 Å². The highest BCUT2D eigenvalue weighted by molar-refractivity contribution is 6.08. The number of piperazine rings is 1. The molecule has 2 aromatic carbocycles. The number of carbonyl (C=O) groups is 2. The molecule has 180 valence electrons. The Kier molecular flexibility index (Phi) is 6.63. The van der Waals surface area contributed by atoms with Crippen molar-refractivity contribution in [2.75, 3.05) is 33.3 Å². The molecular formula is C27H28N4O4. The van der Waals surface area contributed by atoms with Gasteiger partial charge in [0.05, 0.1) is 19.4 Å². The van der Waals surface area contributed by atoms with Gasteiger partial charge in [-0.15, -0.1) is 0 Å². The summed E-state index contributed by atoms with van der Waals surface area (Å²) in [4.78, 5) is 34.5. The van der Waals surface area contributed by atoms with Gasteiger partial charge in [-0.2, -0.15) is 0 Å². The molecule has 2 atom stereocenters. The van der Waals surface area contributed by atoms with Crippen molar-refractivity contribution in [3.05, 3.63) is 95.9 Å². The molecule has 5 rings (SSSR count). The van der Waals surface area contributed by atoms with Crippen molar-refractivity contribution in [2.24, 2.45) is 10.9 Å². The minimum atomic E-state index is -1.09. The zero-order valence-electron chi connectivity index (χ0n) is 19.5. The van der Waals surface area contributed by atoms with Gasteiger partial charge in [0, 0.05) is 26.2 Å². The second-order valence-electron chi connectivity index (χ2n) is 8.65. The van der Waals surface area contributed by atoms with E-state index in [0.717, 1.165) is 13.1 Å². The molecule has 8 heteroatoms. The summed E-state index contributed by atoms with van der Waals surface area (Å²) in [6.45, 7) is 2.94. The summed E-state index contributed by atoms with van der Waals surface area (Å²) in [6.07, 6.45) is 1.51. The van der Waals surface area contributed by atoms with Crippen LogP contribution in [0.5, 0.6) is 0 Å². The fraction of sp³-hybridized carbons (Fsp3) is 0.296. The summed E-state index contributed by atoms with van der Waals surface area (Å²) in [6, 6.07) is 23.8. The predicted molar refractivity (Wildman–Crippen MR) is 130 cm³/mol. The average molecular weight is 473 g/mol. The van der Waals surface area contributed by atoms with Crippen molar-refractivity contribution in [3.8, 4) is 0 Å². The number of ether oxygens (including phenoxy) is 1. The minimum Gasteiger partial charge on any atom is -0.468 e. The third-order valence-electron chi connectivity index (χ3n) is 6.59. The van der Waals surface area contributed by atoms with Gasteiger partial charge < -0.3 is 14.1 Å². The van der Waals surface area contributed by atoms with Gasteiger partial charge in [0.2, 0.25) is 11.9 Å². The summed E-state index contributed by atoms with van der Waals surface area (Å²) < 4.78 is 10.4. The maximum absolute atomic E-state index is 12.9. The maximum atomic E-state index is 12.9. The average Bonchev–Trinajstić information content (AvgIpc) is 3.45. The molecule has 0 aliphatic carbocycles. The maximum Gasteiger partial charge on any atom is 0.320 e. The van der Waals surface area contributed by atoms with Crippen LogP contribution in [0.3, 0.4) is 0 Å². The third-order valence-corrected chi connectivity index (χ3v) is 6.59. The zero-order chi connectivity index (χ0) is 24.2. The van der Waals surface area contributed by atoms with Crippen LogP contribution in [-0.2, 0) is 14.3 Å². The zero-order valence-corrected chi connectivity index (χ0v) is 19.5. The number of carbonyl (C=O) groups excluding carboxylic acids is 2. The summed E-state index contributed by atoms with van der Waals surface area (Å²) in [5, 5.41) is 2.83. The third kappa shape index (κ3) is 4.70. The van der Waals surface area contributed by atoms with Crippen molar-refractivity contribution >= 4 is 17.8 Å². The van der Waals surface area contributed by atoms with E-state index >= 15 is 0 Å². The molecule has 2 aliphatic heterocycles. The quantitative estimate of drug-likeness (QED) is 0.454. The summed E-state index contributed by atoms with van der Waals surface area (Å²) in [7, 11) is 1.27. The number of rotatable bonds is 5. The van der Waals surface area contributed by atoms with Crippen LogP contribution >= 0.6 is 0 Å². The Morgan fingerprint density at radius 1 is 0.971 bits per heavy atom. The second-order valence-corrected chi connectivity index (χ2v) is 8.65. The van der Waals surface area contributed by atoms with E-state index in [0.29, 0.717) is 24.8 Å². The molecular weight excluding hydrogens is 444 g/mol. The van der Waals surface area contributed by atoms with Crippen molar-refractivity contribution < 1.29 is 18.7 Å². The lowest BCUT2D eigenvalue weighted by atomic mass is 9.95. The highest BCUT2D eigenvalue weighted by atomic mass is 16.5. The predicted octanol–water partition coefficient (Wildman–Crippen LogP) is 3.00. The van der Waals surface area contributed by atoms with Crippen LogP contribution in [0, 0.1) is 5.92 Å². The van der Waals surface area contributed by atoms with E-state index in [4.69, 9.17) is 14.1 Å². The SMILES string of the molecule is COC(=O)[C@@H]1C(=O)NC(N2CCN(C(c3ccccc3)c3ccccc3)CC2)=N[C@@H]1c1ccco1. The van der Waals surface area contributed by atoms with Gasteiger partial charge in [-0.25, -0.2) is 4.99 Å². The molecule has 2 aliphatic rings. The summed E-state index contributed by atoms with van der Waals surface area (Å²) >= 11 is 0. The van der Waals surface area contributed by atoms with E-state index in [-0.39, 0.29) is 6.04 Å². The first-order chi connectivity index (χ1) is 17.2. The molecule has 0 bridgehead atoms. The first kappa shape index (κ1) is 22.9. The first-order valence-corrected chi connectivity index (χ1v) is 11.7. The molecule has 1 aromatic heterocycles. The molecule has 0 spiro atoms. The van der Waals surface area contributed by atoms with Gasteiger partial charge >= 0.3 is 5.97 Å². The fourth-order valence-electron chi connectivity index (χ4n) is 4.86. The van der Waals surface area contributed by atoms with Crippen molar-refractivity contribution in [1.82, 2.24) is 15.1 Å². The van der Waals surface area contributed by atoms with Gasteiger partial charge in [-0.3, -0.25) is 19.8 Å². The molecule has 3 aromatic rings. The molecule has 0 unspecified atom stereocenters. The number of methoxy groups -OCH3 is 1. The standard InChI is InChI=1S/C27H28N4O4/c1-34-26(33)22-23(21-13-8-18-35-21)28-27(29-25(22)32)31-16-14-30(15-17-31)24(19-9-4-2-5-10-19)20-11-6-3-7-12-20/h2-13,18,22-24H,14-17H2,1H3,(H,28,29,32)/t22-,23+/m0/s1. The van der Waals surface area contributed by atoms with E-state index in [1.165, 1.54) is 24.5 Å². The molecule has 3 heterocycles. The van der Waals surface area contributed by atoms with Gasteiger partial charge in [-0.05, 0) is 23.3 Å². The Morgan fingerprint density at radius 2 is 1.60 bits per heavy atom. The van der Waals surface area contributed by atoms with Crippen LogP contribution in [0.25, 0.3) is 0 Å². The molecule has 1 fully saturated rings. The van der Waals surface area contributed by atoms with Crippen molar-refractivity contribution in [1.29, 1.82) is 0 Å². The Balaban J connectivity index is 1.36. The molecule has 0 radical (unpaired) electrons. The minimum absolute atomic E-state index is 0.141. The second kappa shape index (κ2) is 10.1. The number of amides is 1. The van der Waals surface area contributed by atoms with E-state index in [1.807, 2.05) is 12.1 Å². The molecule has 0 saturated carbocycles. The van der Waals surface area contributed by atoms with Crippen LogP contribution in [-0.4, -0.2) is 60.9 Å². The normalized spacial score (nSPS) is 20.9. The highest BCUT2D eigenvalue weighted by Crippen LogP contribution is 2.32. The number of nitrogens with one attached hydrogen (secondary N) is 1. The number of hydrogen-bond donors (Lipinski definition) is 1. The van der Waals surface area contributed by atoms with Crippen LogP contribution in [0.15, 0.2) is 88.5 Å². The van der Waals surface area contributed by atoms with E-state index < -0.39 is 23.8 Å². The molecule has 8 nitrogen and oxygen atoms in total. The number of furan rings is 1. The van der Waals surface area contributed by atoms with Crippen LogP contribution < -0.4 is 5.32 Å². The first-order valence-electron chi connectivity index (χ1n) is 11.7. The Hall–Kier alpha value is -3.91. The smallest absolute Gasteiger partial charge is 0.320 e. The molecule has 1 saturated heterocycles. The topological polar surface area (TPSA) is 87.4 Å². The largest absolute Gasteiger partial charge is 0.468 e. The number of guanidine groups is 1. The van der Waals surface area contributed by atoms with Crippen molar-refractivity contribution in [2.45, 2.75) is 12.1 Å². The van der Waals surface area contributed by atoms with E-state index in [9.17, 15) is 9.59 Å². The number of nitrogens with zero attached hydrogens (tertiary/aromatic N) is 3. The number of esters is 1. The van der Waals surface area contributed by atoms with Gasteiger partial charge in [0.25, 0.3) is 0 Å². The van der Waals surface area contributed by atoms with Gasteiger partial charge in [0.1, 0.15) is 11.8 Å². The number of aliphatic imine (C=N–C) groups is 1. The summed E-state index contributed by atoms with van der Waals surface area (Å²) in [5.41, 5.74) is 2.49. The monoisotopic (exact) mass is 472 g/mol. The highest BCUT2D eigenvalue weighted by Gasteiger charge is 2.43. The van der Waals surface area contributed by atoms with Gasteiger partial charge in [-0.1, -0.05) is 60.7 Å². The number of hydrogen-bond acceptors (Lipinski definition) is 7. The van der Waals surface area contributed by atoms with Crippen molar-refractivity contribution in [3.63, 3.8) is 0 Å². The fourth-order valence-corrected chi connectivity index (χ4v) is 4.86. The lowest BCUT2D eigenvalue weighted by Gasteiger charge is -2.41. The Labute approximate surface area is 204 Å². The lowest BCUT2D eigenvalue weighted by Crippen LogP contribution is -2.57.